The molecule has 3 aromatic rings. The summed E-state index contributed by atoms with van der Waals surface area (Å²) in [5.41, 5.74) is 4.00. The van der Waals surface area contributed by atoms with E-state index < -0.39 is 0 Å². The van der Waals surface area contributed by atoms with E-state index >= 15 is 0 Å². The van der Waals surface area contributed by atoms with Crippen molar-refractivity contribution in [1.29, 1.82) is 0 Å². The number of hydrogen-bond donors (Lipinski definition) is 2. The van der Waals surface area contributed by atoms with E-state index in [9.17, 15) is 0 Å². The normalized spacial score (nSPS) is 10.4. The Kier molecular flexibility index (Phi) is 5.13. The predicted octanol–water partition coefficient (Wildman–Crippen LogP) is 4.70. The number of aromatic nitrogens is 2. The molecule has 0 aliphatic heterocycles. The lowest BCUT2D eigenvalue weighted by atomic mass is 10.2. The van der Waals surface area contributed by atoms with Crippen LogP contribution < -0.4 is 10.6 Å². The first-order chi connectivity index (χ1) is 11.6. The van der Waals surface area contributed by atoms with Gasteiger partial charge < -0.3 is 10.6 Å². The minimum absolute atomic E-state index is 0.524. The van der Waals surface area contributed by atoms with Crippen LogP contribution in [0.3, 0.4) is 0 Å². The van der Waals surface area contributed by atoms with Gasteiger partial charge in [0.2, 0.25) is 0 Å². The average Bonchev–Trinajstić information content (AvgIpc) is 2.99. The molecule has 0 amide bonds. The van der Waals surface area contributed by atoms with Crippen LogP contribution in [0.2, 0.25) is 5.02 Å². The quantitative estimate of drug-likeness (QED) is 0.665. The molecular formula is C18H17ClN4S. The van der Waals surface area contributed by atoms with Gasteiger partial charge in [0.05, 0.1) is 18.4 Å². The molecule has 0 aliphatic rings. The summed E-state index contributed by atoms with van der Waals surface area (Å²) >= 11 is 11.5. The number of thiocarbonyl (C=S) groups is 1. The largest absolute Gasteiger partial charge is 0.332 e. The zero-order chi connectivity index (χ0) is 16.9. The second-order valence-corrected chi connectivity index (χ2v) is 6.28. The first-order valence-electron chi connectivity index (χ1n) is 7.51. The first kappa shape index (κ1) is 16.5. The lowest BCUT2D eigenvalue weighted by Crippen LogP contribution is -2.18. The molecule has 24 heavy (non-hydrogen) atoms. The van der Waals surface area contributed by atoms with Gasteiger partial charge in [-0.2, -0.15) is 5.10 Å². The van der Waals surface area contributed by atoms with Crippen molar-refractivity contribution in [3.63, 3.8) is 0 Å². The Morgan fingerprint density at radius 3 is 2.54 bits per heavy atom. The fourth-order valence-corrected chi connectivity index (χ4v) is 2.68. The van der Waals surface area contributed by atoms with E-state index in [0.29, 0.717) is 11.7 Å². The second kappa shape index (κ2) is 7.47. The van der Waals surface area contributed by atoms with Gasteiger partial charge in [0, 0.05) is 16.9 Å². The van der Waals surface area contributed by atoms with Gasteiger partial charge in [0.25, 0.3) is 0 Å². The number of aryl methyl sites for hydroxylation is 1. The highest BCUT2D eigenvalue weighted by atomic mass is 35.5. The number of nitrogens with one attached hydrogen (secondary N) is 2. The molecule has 0 spiro atoms. The molecule has 0 saturated heterocycles. The molecular weight excluding hydrogens is 340 g/mol. The fourth-order valence-electron chi connectivity index (χ4n) is 2.25. The lowest BCUT2D eigenvalue weighted by molar-refractivity contribution is 0.687. The smallest absolute Gasteiger partial charge is 0.175 e. The van der Waals surface area contributed by atoms with E-state index in [1.54, 1.807) is 6.20 Å². The summed E-state index contributed by atoms with van der Waals surface area (Å²) in [7, 11) is 0. The van der Waals surface area contributed by atoms with Crippen LogP contribution in [0.5, 0.6) is 0 Å². The van der Waals surface area contributed by atoms with Crippen molar-refractivity contribution in [2.24, 2.45) is 0 Å². The number of benzene rings is 2. The lowest BCUT2D eigenvalue weighted by Gasteiger charge is -2.09. The Labute approximate surface area is 151 Å². The highest BCUT2D eigenvalue weighted by Crippen LogP contribution is 2.17. The Morgan fingerprint density at radius 1 is 1.08 bits per heavy atom. The molecule has 1 aromatic heterocycles. The van der Waals surface area contributed by atoms with Gasteiger partial charge >= 0.3 is 0 Å². The Morgan fingerprint density at radius 2 is 1.79 bits per heavy atom. The van der Waals surface area contributed by atoms with Crippen LogP contribution in [-0.2, 0) is 6.54 Å². The number of halogens is 1. The Bertz CT molecular complexity index is 842. The summed E-state index contributed by atoms with van der Waals surface area (Å²) in [6, 6.07) is 15.8. The van der Waals surface area contributed by atoms with Crippen LogP contribution >= 0.6 is 23.8 Å². The molecule has 0 fully saturated rings. The van der Waals surface area contributed by atoms with Crippen molar-refractivity contribution in [3.8, 4) is 0 Å². The van der Waals surface area contributed by atoms with Gasteiger partial charge in [-0.25, -0.2) is 0 Å². The van der Waals surface area contributed by atoms with E-state index in [1.807, 2.05) is 66.3 Å². The van der Waals surface area contributed by atoms with Gasteiger partial charge in [-0.3, -0.25) is 4.68 Å². The molecule has 0 aliphatic carbocycles. The van der Waals surface area contributed by atoms with Gasteiger partial charge in [-0.05, 0) is 42.9 Å². The summed E-state index contributed by atoms with van der Waals surface area (Å²) in [6.07, 6.45) is 3.63. The molecule has 6 heteroatoms. The van der Waals surface area contributed by atoms with Crippen molar-refractivity contribution in [2.45, 2.75) is 13.5 Å². The van der Waals surface area contributed by atoms with Crippen LogP contribution in [0.4, 0.5) is 11.4 Å². The second-order valence-electron chi connectivity index (χ2n) is 5.46. The maximum absolute atomic E-state index is 6.18. The highest BCUT2D eigenvalue weighted by Gasteiger charge is 2.04. The predicted molar refractivity (Wildman–Crippen MR) is 104 cm³/mol. The van der Waals surface area contributed by atoms with E-state index in [2.05, 4.69) is 15.7 Å². The van der Waals surface area contributed by atoms with Crippen molar-refractivity contribution < 1.29 is 0 Å². The summed E-state index contributed by atoms with van der Waals surface area (Å²) in [5.74, 6) is 0. The molecule has 3 rings (SSSR count). The summed E-state index contributed by atoms with van der Waals surface area (Å²) in [4.78, 5) is 0. The van der Waals surface area contributed by atoms with E-state index in [1.165, 1.54) is 5.56 Å². The maximum Gasteiger partial charge on any atom is 0.175 e. The Hall–Kier alpha value is -2.37. The average molecular weight is 357 g/mol. The van der Waals surface area contributed by atoms with E-state index in [-0.39, 0.29) is 0 Å². The van der Waals surface area contributed by atoms with Crippen LogP contribution in [0.15, 0.2) is 60.9 Å². The first-order valence-corrected chi connectivity index (χ1v) is 8.29. The number of anilines is 2. The summed E-state index contributed by atoms with van der Waals surface area (Å²) in [6.45, 7) is 2.66. The minimum Gasteiger partial charge on any atom is -0.332 e. The topological polar surface area (TPSA) is 41.9 Å². The third kappa shape index (κ3) is 4.34. The third-order valence-corrected chi connectivity index (χ3v) is 4.06. The van der Waals surface area contributed by atoms with E-state index in [0.717, 1.165) is 22.0 Å². The van der Waals surface area contributed by atoms with Crippen LogP contribution in [0, 0.1) is 6.92 Å². The van der Waals surface area contributed by atoms with Crippen LogP contribution in [0.1, 0.15) is 11.1 Å². The number of hydrogen-bond acceptors (Lipinski definition) is 2. The molecule has 0 saturated carbocycles. The fraction of sp³-hybridized carbons (Fsp3) is 0.111. The molecule has 0 unspecified atom stereocenters. The highest BCUT2D eigenvalue weighted by molar-refractivity contribution is 7.80. The minimum atomic E-state index is 0.524. The third-order valence-electron chi connectivity index (χ3n) is 3.49. The molecule has 0 bridgehead atoms. The van der Waals surface area contributed by atoms with Crippen LogP contribution in [-0.4, -0.2) is 14.9 Å². The zero-order valence-corrected chi connectivity index (χ0v) is 14.7. The van der Waals surface area contributed by atoms with Crippen LogP contribution in [0.25, 0.3) is 0 Å². The van der Waals surface area contributed by atoms with Gasteiger partial charge in [-0.15, -0.1) is 0 Å². The molecule has 122 valence electrons. The molecule has 2 aromatic carbocycles. The van der Waals surface area contributed by atoms with Crippen molar-refractivity contribution in [2.75, 3.05) is 10.6 Å². The molecule has 1 heterocycles. The van der Waals surface area contributed by atoms with Gasteiger partial charge in [-0.1, -0.05) is 47.5 Å². The van der Waals surface area contributed by atoms with Crippen molar-refractivity contribution in [1.82, 2.24) is 9.78 Å². The zero-order valence-electron chi connectivity index (χ0n) is 13.2. The summed E-state index contributed by atoms with van der Waals surface area (Å²) < 4.78 is 1.82. The number of rotatable bonds is 4. The molecule has 4 nitrogen and oxygen atoms in total. The monoisotopic (exact) mass is 356 g/mol. The standard InChI is InChI=1S/C18H17ClN4S/c1-13-6-8-15(9-7-13)21-18(24)22-16-10-20-23(12-16)11-14-4-2-3-5-17(14)19/h2-10,12H,11H2,1H3,(H2,21,22,24). The maximum atomic E-state index is 6.18. The van der Waals surface area contributed by atoms with Gasteiger partial charge in [0.1, 0.15) is 0 Å². The Balaban J connectivity index is 1.60. The van der Waals surface area contributed by atoms with Gasteiger partial charge in [0.15, 0.2) is 5.11 Å². The molecule has 0 radical (unpaired) electrons. The molecule has 0 atom stereocenters. The van der Waals surface area contributed by atoms with Crippen molar-refractivity contribution >= 4 is 40.3 Å². The van der Waals surface area contributed by atoms with Crippen molar-refractivity contribution in [3.05, 3.63) is 77.1 Å². The summed E-state index contributed by atoms with van der Waals surface area (Å²) in [5, 5.41) is 11.9. The number of nitrogens with zero attached hydrogens (tertiary/aromatic N) is 2. The van der Waals surface area contributed by atoms with E-state index in [4.69, 9.17) is 23.8 Å². The molecule has 2 N–H and O–H groups in total. The SMILES string of the molecule is Cc1ccc(NC(=S)Nc2cnn(Cc3ccccc3Cl)c2)cc1.